The number of carboxylic acids is 1. The molecule has 0 aliphatic rings. The quantitative estimate of drug-likeness (QED) is 0.749. The zero-order chi connectivity index (χ0) is 11.3. The molecule has 0 heterocycles. The van der Waals surface area contributed by atoms with E-state index >= 15 is 0 Å². The van der Waals surface area contributed by atoms with Crippen molar-refractivity contribution in [2.24, 2.45) is 5.92 Å². The lowest BCUT2D eigenvalue weighted by Crippen LogP contribution is -2.15. The van der Waals surface area contributed by atoms with Gasteiger partial charge in [-0.05, 0) is 25.3 Å². The fourth-order valence-corrected chi connectivity index (χ4v) is 1.60. The van der Waals surface area contributed by atoms with E-state index < -0.39 is 5.97 Å². The minimum absolute atomic E-state index is 0.357. The van der Waals surface area contributed by atoms with Gasteiger partial charge in [0.1, 0.15) is 0 Å². The molecular formula is C13H16O2. The fourth-order valence-electron chi connectivity index (χ4n) is 1.60. The van der Waals surface area contributed by atoms with Gasteiger partial charge in [-0.15, -0.1) is 6.58 Å². The SMILES string of the molecule is C=CCC(Cc1cccc(C)c1)C(=O)O. The molecule has 15 heavy (non-hydrogen) atoms. The maximum absolute atomic E-state index is 10.9. The predicted molar refractivity (Wildman–Crippen MR) is 60.8 cm³/mol. The van der Waals surface area contributed by atoms with Crippen molar-refractivity contribution >= 4 is 5.97 Å². The van der Waals surface area contributed by atoms with Crippen molar-refractivity contribution in [2.45, 2.75) is 19.8 Å². The first kappa shape index (κ1) is 11.5. The molecule has 1 aromatic rings. The van der Waals surface area contributed by atoms with Crippen molar-refractivity contribution in [1.82, 2.24) is 0 Å². The molecule has 0 radical (unpaired) electrons. The molecule has 1 rings (SSSR count). The highest BCUT2D eigenvalue weighted by molar-refractivity contribution is 5.70. The summed E-state index contributed by atoms with van der Waals surface area (Å²) in [7, 11) is 0. The van der Waals surface area contributed by atoms with Crippen LogP contribution in [0.3, 0.4) is 0 Å². The standard InChI is InChI=1S/C13H16O2/c1-3-5-12(13(14)15)9-11-7-4-6-10(2)8-11/h3-4,6-8,12H,1,5,9H2,2H3,(H,14,15). The van der Waals surface area contributed by atoms with E-state index in [1.165, 1.54) is 0 Å². The van der Waals surface area contributed by atoms with Crippen molar-refractivity contribution in [3.8, 4) is 0 Å². The number of allylic oxidation sites excluding steroid dienone is 1. The summed E-state index contributed by atoms with van der Waals surface area (Å²) in [5, 5.41) is 8.99. The van der Waals surface area contributed by atoms with Crippen LogP contribution < -0.4 is 0 Å². The van der Waals surface area contributed by atoms with Crippen molar-refractivity contribution in [1.29, 1.82) is 0 Å². The molecule has 0 bridgehead atoms. The number of hydrogen-bond donors (Lipinski definition) is 1. The Balaban J connectivity index is 2.73. The van der Waals surface area contributed by atoms with E-state index in [2.05, 4.69) is 6.58 Å². The van der Waals surface area contributed by atoms with Gasteiger partial charge in [0.2, 0.25) is 0 Å². The second-order valence-corrected chi connectivity index (χ2v) is 3.75. The van der Waals surface area contributed by atoms with Crippen LogP contribution in [0.25, 0.3) is 0 Å². The summed E-state index contributed by atoms with van der Waals surface area (Å²) in [5.41, 5.74) is 2.24. The smallest absolute Gasteiger partial charge is 0.307 e. The molecule has 80 valence electrons. The lowest BCUT2D eigenvalue weighted by molar-refractivity contribution is -0.141. The molecule has 0 aromatic heterocycles. The summed E-state index contributed by atoms with van der Waals surface area (Å²) < 4.78 is 0. The van der Waals surface area contributed by atoms with Gasteiger partial charge in [0.15, 0.2) is 0 Å². The Morgan fingerprint density at radius 1 is 1.60 bits per heavy atom. The third-order valence-corrected chi connectivity index (χ3v) is 2.37. The maximum Gasteiger partial charge on any atom is 0.307 e. The van der Waals surface area contributed by atoms with Gasteiger partial charge in [-0.3, -0.25) is 4.79 Å². The van der Waals surface area contributed by atoms with Gasteiger partial charge in [0.25, 0.3) is 0 Å². The van der Waals surface area contributed by atoms with Crippen LogP contribution in [0.5, 0.6) is 0 Å². The lowest BCUT2D eigenvalue weighted by atomic mass is 9.95. The molecule has 0 saturated heterocycles. The van der Waals surface area contributed by atoms with Crippen LogP contribution >= 0.6 is 0 Å². The van der Waals surface area contributed by atoms with Crippen LogP contribution in [-0.4, -0.2) is 11.1 Å². The highest BCUT2D eigenvalue weighted by Crippen LogP contribution is 2.14. The number of carboxylic acid groups (broad SMARTS) is 1. The zero-order valence-corrected chi connectivity index (χ0v) is 8.94. The molecule has 0 spiro atoms. The molecular weight excluding hydrogens is 188 g/mol. The molecule has 2 nitrogen and oxygen atoms in total. The summed E-state index contributed by atoms with van der Waals surface area (Å²) in [5.74, 6) is -1.11. The topological polar surface area (TPSA) is 37.3 Å². The molecule has 1 atom stereocenters. The first-order chi connectivity index (χ1) is 7.13. The Hall–Kier alpha value is -1.57. The zero-order valence-electron chi connectivity index (χ0n) is 8.94. The minimum atomic E-state index is -0.753. The second-order valence-electron chi connectivity index (χ2n) is 3.75. The van der Waals surface area contributed by atoms with Crippen LogP contribution in [0, 0.1) is 12.8 Å². The molecule has 1 aromatic carbocycles. The van der Waals surface area contributed by atoms with E-state index in [4.69, 9.17) is 5.11 Å². The summed E-state index contributed by atoms with van der Waals surface area (Å²) in [6.45, 7) is 5.59. The highest BCUT2D eigenvalue weighted by Gasteiger charge is 2.15. The number of aryl methyl sites for hydroxylation is 1. The number of carbonyl (C=O) groups is 1. The van der Waals surface area contributed by atoms with Gasteiger partial charge in [0, 0.05) is 0 Å². The summed E-state index contributed by atoms with van der Waals surface area (Å²) >= 11 is 0. The largest absolute Gasteiger partial charge is 0.481 e. The molecule has 0 aliphatic heterocycles. The van der Waals surface area contributed by atoms with Crippen LogP contribution in [0.2, 0.25) is 0 Å². The number of benzene rings is 1. The number of hydrogen-bond acceptors (Lipinski definition) is 1. The molecule has 2 heteroatoms. The molecule has 0 amide bonds. The third kappa shape index (κ3) is 3.58. The monoisotopic (exact) mass is 204 g/mol. The number of aliphatic carboxylic acids is 1. The van der Waals surface area contributed by atoms with Gasteiger partial charge in [-0.25, -0.2) is 0 Å². The minimum Gasteiger partial charge on any atom is -0.481 e. The van der Waals surface area contributed by atoms with E-state index in [-0.39, 0.29) is 5.92 Å². The summed E-state index contributed by atoms with van der Waals surface area (Å²) in [6, 6.07) is 7.95. The predicted octanol–water partition coefficient (Wildman–Crippen LogP) is 2.81. The van der Waals surface area contributed by atoms with E-state index in [9.17, 15) is 4.79 Å². The first-order valence-electron chi connectivity index (χ1n) is 5.02. The Kier molecular flexibility index (Phi) is 4.10. The van der Waals surface area contributed by atoms with Crippen molar-refractivity contribution in [3.63, 3.8) is 0 Å². The van der Waals surface area contributed by atoms with Crippen LogP contribution in [-0.2, 0) is 11.2 Å². The Labute approximate surface area is 90.3 Å². The van der Waals surface area contributed by atoms with Gasteiger partial charge < -0.3 is 5.11 Å². The first-order valence-corrected chi connectivity index (χ1v) is 5.02. The van der Waals surface area contributed by atoms with Gasteiger partial charge >= 0.3 is 5.97 Å². The average Bonchev–Trinajstić information content (AvgIpc) is 2.17. The lowest BCUT2D eigenvalue weighted by Gasteiger charge is -2.10. The molecule has 1 unspecified atom stereocenters. The third-order valence-electron chi connectivity index (χ3n) is 2.37. The van der Waals surface area contributed by atoms with Crippen molar-refractivity contribution in [2.75, 3.05) is 0 Å². The van der Waals surface area contributed by atoms with Crippen molar-refractivity contribution < 1.29 is 9.90 Å². The van der Waals surface area contributed by atoms with Crippen LogP contribution in [0.1, 0.15) is 17.5 Å². The Morgan fingerprint density at radius 3 is 2.87 bits per heavy atom. The highest BCUT2D eigenvalue weighted by atomic mass is 16.4. The fraction of sp³-hybridized carbons (Fsp3) is 0.308. The van der Waals surface area contributed by atoms with Gasteiger partial charge in [0.05, 0.1) is 5.92 Å². The van der Waals surface area contributed by atoms with E-state index in [1.54, 1.807) is 6.08 Å². The molecule has 1 N–H and O–H groups in total. The Bertz CT molecular complexity index is 355. The van der Waals surface area contributed by atoms with E-state index in [1.807, 2.05) is 31.2 Å². The average molecular weight is 204 g/mol. The van der Waals surface area contributed by atoms with Crippen LogP contribution in [0.4, 0.5) is 0 Å². The summed E-state index contributed by atoms with van der Waals surface area (Å²) in [4.78, 5) is 10.9. The van der Waals surface area contributed by atoms with E-state index in [0.29, 0.717) is 12.8 Å². The molecule has 0 aliphatic carbocycles. The van der Waals surface area contributed by atoms with Crippen molar-refractivity contribution in [3.05, 3.63) is 48.0 Å². The second kappa shape index (κ2) is 5.35. The normalized spacial score (nSPS) is 12.1. The molecule has 0 fully saturated rings. The van der Waals surface area contributed by atoms with Gasteiger partial charge in [-0.2, -0.15) is 0 Å². The van der Waals surface area contributed by atoms with Crippen LogP contribution in [0.15, 0.2) is 36.9 Å². The summed E-state index contributed by atoms with van der Waals surface area (Å²) in [6.07, 6.45) is 2.75. The maximum atomic E-state index is 10.9. The number of rotatable bonds is 5. The van der Waals surface area contributed by atoms with E-state index in [0.717, 1.165) is 11.1 Å². The Morgan fingerprint density at radius 2 is 2.33 bits per heavy atom. The van der Waals surface area contributed by atoms with Gasteiger partial charge in [-0.1, -0.05) is 35.9 Å². The molecule has 0 saturated carbocycles.